The van der Waals surface area contributed by atoms with Crippen LogP contribution in [0, 0.1) is 12.8 Å². The number of hydrogen-bond donors (Lipinski definition) is 1. The molecule has 1 aromatic rings. The van der Waals surface area contributed by atoms with Crippen LogP contribution in [0.15, 0.2) is 5.03 Å². The molecular weight excluding hydrogens is 242 g/mol. The van der Waals surface area contributed by atoms with Crippen molar-refractivity contribution in [1.29, 1.82) is 0 Å². The monoisotopic (exact) mass is 265 g/mol. The summed E-state index contributed by atoms with van der Waals surface area (Å²) in [6.45, 7) is 4.22. The summed E-state index contributed by atoms with van der Waals surface area (Å²) in [5, 5.41) is 4.34. The van der Waals surface area contributed by atoms with Crippen molar-refractivity contribution in [3.8, 4) is 0 Å². The zero-order chi connectivity index (χ0) is 13.0. The van der Waals surface area contributed by atoms with Crippen LogP contribution in [0.2, 0.25) is 0 Å². The van der Waals surface area contributed by atoms with E-state index in [0.717, 1.165) is 29.0 Å². The molecule has 1 fully saturated rings. The maximum absolute atomic E-state index is 4.67. The molecule has 0 spiro atoms. The molecule has 0 atom stereocenters. The van der Waals surface area contributed by atoms with Crippen molar-refractivity contribution in [3.05, 3.63) is 11.4 Å². The predicted octanol–water partition coefficient (Wildman–Crippen LogP) is 3.67. The molecule has 3 nitrogen and oxygen atoms in total. The van der Waals surface area contributed by atoms with Gasteiger partial charge in [0.15, 0.2) is 0 Å². The van der Waals surface area contributed by atoms with Gasteiger partial charge in [0, 0.05) is 24.8 Å². The van der Waals surface area contributed by atoms with Gasteiger partial charge in [-0.2, -0.15) is 0 Å². The second-order valence-electron chi connectivity index (χ2n) is 4.98. The summed E-state index contributed by atoms with van der Waals surface area (Å²) in [7, 11) is 1.93. The van der Waals surface area contributed by atoms with Gasteiger partial charge < -0.3 is 5.32 Å². The van der Waals surface area contributed by atoms with E-state index in [1.54, 1.807) is 0 Å². The first-order valence-corrected chi connectivity index (χ1v) is 7.91. The second kappa shape index (κ2) is 6.41. The third kappa shape index (κ3) is 3.16. The smallest absolute Gasteiger partial charge is 0.133 e. The van der Waals surface area contributed by atoms with Gasteiger partial charge in [-0.15, -0.1) is 11.8 Å². The second-order valence-corrected chi connectivity index (χ2v) is 5.99. The van der Waals surface area contributed by atoms with Gasteiger partial charge in [-0.1, -0.05) is 19.8 Å². The average Bonchev–Trinajstić information content (AvgIpc) is 2.90. The topological polar surface area (TPSA) is 37.8 Å². The predicted molar refractivity (Wildman–Crippen MR) is 78.4 cm³/mol. The third-order valence-corrected chi connectivity index (χ3v) is 4.94. The number of aryl methyl sites for hydroxylation is 1. The number of thioether (sulfide) groups is 1. The molecule has 2 rings (SSSR count). The maximum atomic E-state index is 4.67. The van der Waals surface area contributed by atoms with Crippen molar-refractivity contribution >= 4 is 17.6 Å². The number of rotatable bonds is 5. The van der Waals surface area contributed by atoms with Crippen molar-refractivity contribution < 1.29 is 0 Å². The lowest BCUT2D eigenvalue weighted by molar-refractivity contribution is 0.622. The molecule has 0 unspecified atom stereocenters. The molecule has 0 radical (unpaired) electrons. The van der Waals surface area contributed by atoms with Crippen LogP contribution < -0.4 is 5.32 Å². The van der Waals surface area contributed by atoms with Gasteiger partial charge >= 0.3 is 0 Å². The molecule has 1 aliphatic carbocycles. The number of nitrogens with zero attached hydrogens (tertiary/aromatic N) is 2. The van der Waals surface area contributed by atoms with Gasteiger partial charge in [0.2, 0.25) is 0 Å². The van der Waals surface area contributed by atoms with Crippen molar-refractivity contribution in [2.75, 3.05) is 18.1 Å². The number of hydrogen-bond acceptors (Lipinski definition) is 4. The number of anilines is 1. The largest absolute Gasteiger partial charge is 0.373 e. The summed E-state index contributed by atoms with van der Waals surface area (Å²) >= 11 is 1.91. The zero-order valence-electron chi connectivity index (χ0n) is 11.6. The molecule has 4 heteroatoms. The molecule has 1 aromatic heterocycles. The van der Waals surface area contributed by atoms with E-state index in [0.29, 0.717) is 0 Å². The van der Waals surface area contributed by atoms with Crippen LogP contribution in [0.25, 0.3) is 0 Å². The zero-order valence-corrected chi connectivity index (χ0v) is 12.4. The molecule has 18 heavy (non-hydrogen) atoms. The van der Waals surface area contributed by atoms with E-state index in [-0.39, 0.29) is 0 Å². The molecule has 0 amide bonds. The van der Waals surface area contributed by atoms with Gasteiger partial charge in [0.05, 0.1) is 0 Å². The molecule has 0 aliphatic heterocycles. The minimum Gasteiger partial charge on any atom is -0.373 e. The van der Waals surface area contributed by atoms with Crippen LogP contribution in [0.5, 0.6) is 0 Å². The van der Waals surface area contributed by atoms with Crippen molar-refractivity contribution in [3.63, 3.8) is 0 Å². The Morgan fingerprint density at radius 2 is 2.00 bits per heavy atom. The minimum atomic E-state index is 0.895. The van der Waals surface area contributed by atoms with Gasteiger partial charge in [-0.05, 0) is 25.7 Å². The summed E-state index contributed by atoms with van der Waals surface area (Å²) in [5.41, 5.74) is 1.19. The lowest BCUT2D eigenvalue weighted by Crippen LogP contribution is -2.05. The first kappa shape index (κ1) is 13.7. The maximum Gasteiger partial charge on any atom is 0.133 e. The normalized spacial score (nSPS) is 16.2. The molecular formula is C14H23N3S. The first-order chi connectivity index (χ1) is 8.74. The SMILES string of the molecule is CCc1nc(NC)c(C)c(SCC2CCCC2)n1. The Morgan fingerprint density at radius 3 is 2.61 bits per heavy atom. The Kier molecular flexibility index (Phi) is 4.87. The molecule has 1 N–H and O–H groups in total. The van der Waals surface area contributed by atoms with Crippen molar-refractivity contribution in [1.82, 2.24) is 9.97 Å². The van der Waals surface area contributed by atoms with Crippen LogP contribution >= 0.6 is 11.8 Å². The highest BCUT2D eigenvalue weighted by atomic mass is 32.2. The van der Waals surface area contributed by atoms with Crippen molar-refractivity contribution in [2.24, 2.45) is 5.92 Å². The summed E-state index contributed by atoms with van der Waals surface area (Å²) in [5.74, 6) is 4.03. The van der Waals surface area contributed by atoms with E-state index in [1.807, 2.05) is 18.8 Å². The molecule has 1 saturated carbocycles. The molecule has 0 aromatic carbocycles. The summed E-state index contributed by atoms with van der Waals surface area (Å²) in [4.78, 5) is 9.19. The Labute approximate surface area is 114 Å². The summed E-state index contributed by atoms with van der Waals surface area (Å²) < 4.78 is 0. The fourth-order valence-electron chi connectivity index (χ4n) is 2.46. The standard InChI is InChI=1S/C14H23N3S/c1-4-12-16-13(15-3)10(2)14(17-12)18-9-11-7-5-6-8-11/h11H,4-9H2,1-3H3,(H,15,16,17). The Hall–Kier alpha value is -0.770. The molecule has 0 bridgehead atoms. The summed E-state index contributed by atoms with van der Waals surface area (Å²) in [6, 6.07) is 0. The van der Waals surface area contributed by atoms with E-state index in [9.17, 15) is 0 Å². The lowest BCUT2D eigenvalue weighted by Gasteiger charge is -2.13. The van der Waals surface area contributed by atoms with E-state index in [2.05, 4.69) is 29.1 Å². The van der Waals surface area contributed by atoms with Gasteiger partial charge in [0.25, 0.3) is 0 Å². The van der Waals surface area contributed by atoms with Crippen molar-refractivity contribution in [2.45, 2.75) is 51.0 Å². The molecule has 0 saturated heterocycles. The summed E-state index contributed by atoms with van der Waals surface area (Å²) in [6.07, 6.45) is 6.52. The highest BCUT2D eigenvalue weighted by Crippen LogP contribution is 2.32. The molecule has 100 valence electrons. The number of nitrogens with one attached hydrogen (secondary N) is 1. The van der Waals surface area contributed by atoms with Gasteiger partial charge in [-0.25, -0.2) is 9.97 Å². The number of aromatic nitrogens is 2. The van der Waals surface area contributed by atoms with Gasteiger partial charge in [0.1, 0.15) is 16.7 Å². The molecule has 1 aliphatic rings. The lowest BCUT2D eigenvalue weighted by atomic mass is 10.1. The average molecular weight is 265 g/mol. The van der Waals surface area contributed by atoms with Gasteiger partial charge in [-0.3, -0.25) is 0 Å². The van der Waals surface area contributed by atoms with Crippen LogP contribution in [-0.2, 0) is 6.42 Å². The van der Waals surface area contributed by atoms with E-state index < -0.39 is 0 Å². The van der Waals surface area contributed by atoms with Crippen LogP contribution in [0.1, 0.15) is 44.0 Å². The Morgan fingerprint density at radius 1 is 1.28 bits per heavy atom. The minimum absolute atomic E-state index is 0.895. The quantitative estimate of drug-likeness (QED) is 0.651. The first-order valence-electron chi connectivity index (χ1n) is 6.92. The van der Waals surface area contributed by atoms with E-state index in [1.165, 1.54) is 37.0 Å². The highest BCUT2D eigenvalue weighted by Gasteiger charge is 2.17. The fraction of sp³-hybridized carbons (Fsp3) is 0.714. The molecule has 1 heterocycles. The Bertz CT molecular complexity index is 400. The highest BCUT2D eigenvalue weighted by molar-refractivity contribution is 7.99. The van der Waals surface area contributed by atoms with E-state index in [4.69, 9.17) is 0 Å². The van der Waals surface area contributed by atoms with Crippen LogP contribution in [-0.4, -0.2) is 22.8 Å². The van der Waals surface area contributed by atoms with Crippen LogP contribution in [0.3, 0.4) is 0 Å². The fourth-order valence-corrected chi connectivity index (χ4v) is 3.67. The van der Waals surface area contributed by atoms with E-state index >= 15 is 0 Å². The Balaban J connectivity index is 2.09. The van der Waals surface area contributed by atoms with Crippen LogP contribution in [0.4, 0.5) is 5.82 Å². The third-order valence-electron chi connectivity index (χ3n) is 3.63.